The van der Waals surface area contributed by atoms with Crippen molar-refractivity contribution in [2.24, 2.45) is 7.05 Å². The number of aryl methyl sites for hydroxylation is 2. The van der Waals surface area contributed by atoms with Gasteiger partial charge >= 0.3 is 12.7 Å². The fourth-order valence-electron chi connectivity index (χ4n) is 6.35. The molecule has 1 aliphatic rings. The van der Waals surface area contributed by atoms with Crippen molar-refractivity contribution in [2.45, 2.75) is 46.5 Å². The van der Waals surface area contributed by atoms with E-state index in [1.54, 1.807) is 28.4 Å². The van der Waals surface area contributed by atoms with Gasteiger partial charge in [-0.3, -0.25) is 14.1 Å². The molecule has 7 nitrogen and oxygen atoms in total. The quantitative estimate of drug-likeness (QED) is 0.160. The van der Waals surface area contributed by atoms with Gasteiger partial charge in [-0.25, -0.2) is 9.78 Å². The molecule has 3 aromatic heterocycles. The second-order valence-electron chi connectivity index (χ2n) is 12.0. The van der Waals surface area contributed by atoms with Crippen LogP contribution in [0.3, 0.4) is 0 Å². The summed E-state index contributed by atoms with van der Waals surface area (Å²) < 4.78 is 5.51. The van der Waals surface area contributed by atoms with E-state index in [2.05, 4.69) is 103 Å². The fourth-order valence-corrected chi connectivity index (χ4v) is 6.35. The number of para-hydroxylation sites is 1. The fraction of sp³-hybridized carbons (Fsp3) is 0.250. The summed E-state index contributed by atoms with van der Waals surface area (Å²) in [6, 6.07) is 28.7. The number of pyridine rings is 1. The Kier molecular flexibility index (Phi) is 9.33. The van der Waals surface area contributed by atoms with E-state index in [4.69, 9.17) is 0 Å². The van der Waals surface area contributed by atoms with Crippen LogP contribution in [0.15, 0.2) is 90.1 Å². The molecule has 0 N–H and O–H groups in total. The van der Waals surface area contributed by atoms with Gasteiger partial charge in [-0.1, -0.05) is 62.8 Å². The zero-order chi connectivity index (χ0) is 31.1. The maximum absolute atomic E-state index is 12.3. The summed E-state index contributed by atoms with van der Waals surface area (Å²) in [5, 5.41) is 0. The Bertz CT molecular complexity index is 1980. The first-order valence-electron chi connectivity index (χ1n) is 15.1. The van der Waals surface area contributed by atoms with E-state index in [0.29, 0.717) is 23.2 Å². The summed E-state index contributed by atoms with van der Waals surface area (Å²) in [6.45, 7) is 11.2. The number of hydrogen-bond donors (Lipinski definition) is 0. The zero-order valence-corrected chi connectivity index (χ0v) is 29.1. The van der Waals surface area contributed by atoms with Crippen molar-refractivity contribution in [1.29, 1.82) is 0 Å². The number of anilines is 1. The molecule has 0 bridgehead atoms. The summed E-state index contributed by atoms with van der Waals surface area (Å²) >= 11 is 0. The van der Waals surface area contributed by atoms with E-state index in [1.165, 1.54) is 22.3 Å². The van der Waals surface area contributed by atoms with Crippen LogP contribution in [0.1, 0.15) is 56.2 Å². The molecular formula is C36H37BIrN6O-2. The van der Waals surface area contributed by atoms with Crippen LogP contribution in [0.2, 0.25) is 0 Å². The molecule has 0 fully saturated rings. The molecule has 6 aromatic rings. The topological polar surface area (TPSA) is 60.9 Å². The molecule has 0 atom stereocenters. The van der Waals surface area contributed by atoms with E-state index >= 15 is 0 Å². The van der Waals surface area contributed by atoms with Crippen LogP contribution in [0, 0.1) is 19.1 Å². The van der Waals surface area contributed by atoms with Crippen LogP contribution in [0.25, 0.3) is 28.2 Å². The second-order valence-corrected chi connectivity index (χ2v) is 12.0. The van der Waals surface area contributed by atoms with Crippen LogP contribution in [0.4, 0.5) is 5.69 Å². The monoisotopic (exact) mass is 773 g/mol. The average molecular weight is 773 g/mol. The van der Waals surface area contributed by atoms with E-state index < -0.39 is 0 Å². The van der Waals surface area contributed by atoms with Gasteiger partial charge < -0.3 is 9.29 Å². The van der Waals surface area contributed by atoms with Gasteiger partial charge in [-0.05, 0) is 54.0 Å². The van der Waals surface area contributed by atoms with Crippen molar-refractivity contribution >= 4 is 29.3 Å². The van der Waals surface area contributed by atoms with E-state index in [-0.39, 0.29) is 32.8 Å². The largest absolute Gasteiger partial charge is 0.436 e. The Morgan fingerprint density at radius 2 is 1.53 bits per heavy atom. The maximum Gasteiger partial charge on any atom is 0.399 e. The molecule has 0 amide bonds. The Morgan fingerprint density at radius 3 is 2.20 bits per heavy atom. The average Bonchev–Trinajstić information content (AvgIpc) is 3.61. The molecule has 0 unspecified atom stereocenters. The molecular weight excluding hydrogens is 735 g/mol. The molecule has 231 valence electrons. The summed E-state index contributed by atoms with van der Waals surface area (Å²) in [5.74, 6) is 1.93. The molecule has 7 rings (SSSR count). The third-order valence-corrected chi connectivity index (χ3v) is 8.48. The molecule has 1 radical (unpaired) electrons. The molecule has 0 spiro atoms. The van der Waals surface area contributed by atoms with Gasteiger partial charge in [0.25, 0.3) is 0 Å². The number of nitrogens with zero attached hydrogens (tertiary/aromatic N) is 6. The van der Waals surface area contributed by atoms with E-state index in [1.807, 2.05) is 43.5 Å². The standard InChI is InChI=1S/C22H25BN3.C14H12N3O.Ir/c1-15(2)17-10-8-11-18(16(3)4)21(17)23-25(5)20-12-7-6-9-19(20)22-24-13-14-26(22)23;1-10-8-9-15-13-12(10)16(2)14(18)17(13)11-6-4-3-5-7-11;/h6-8,10-16H,1-5H3;3-6,8-9H,1-2H3;/q2*-1;. The zero-order valence-electron chi connectivity index (χ0n) is 26.7. The molecule has 1 aliphatic heterocycles. The van der Waals surface area contributed by atoms with Crippen molar-refractivity contribution in [1.82, 2.24) is 23.6 Å². The van der Waals surface area contributed by atoms with Crippen LogP contribution < -0.4 is 16.0 Å². The van der Waals surface area contributed by atoms with Gasteiger partial charge in [-0.15, -0.1) is 30.3 Å². The van der Waals surface area contributed by atoms with Crippen LogP contribution in [-0.4, -0.2) is 37.6 Å². The van der Waals surface area contributed by atoms with Gasteiger partial charge in [-0.2, -0.15) is 24.3 Å². The first kappa shape index (κ1) is 32.2. The van der Waals surface area contributed by atoms with Crippen LogP contribution >= 0.6 is 0 Å². The number of fused-ring (bicyclic) bond motifs is 4. The van der Waals surface area contributed by atoms with Crippen LogP contribution in [-0.2, 0) is 27.2 Å². The third kappa shape index (κ3) is 5.60. The van der Waals surface area contributed by atoms with Gasteiger partial charge in [0.1, 0.15) is 0 Å². The minimum absolute atomic E-state index is 0. The molecule has 0 saturated carbocycles. The molecule has 3 aromatic carbocycles. The molecule has 45 heavy (non-hydrogen) atoms. The second kappa shape index (κ2) is 13.0. The SMILES string of the molecule is CC(C)c1cccc(C(C)C)c1B1N(C)c2ccc[c-]c2-c2nccn21.Cc1ccnc2c1n(C)c(=O)n2-c1[c-]cccc1.[Ir]. The number of rotatable bonds is 4. The number of hydrogen-bond acceptors (Lipinski definition) is 4. The molecule has 9 heteroatoms. The first-order chi connectivity index (χ1) is 21.2. The Labute approximate surface area is 279 Å². The smallest absolute Gasteiger partial charge is 0.399 e. The first-order valence-corrected chi connectivity index (χ1v) is 15.1. The maximum atomic E-state index is 12.3. The predicted molar refractivity (Wildman–Crippen MR) is 180 cm³/mol. The third-order valence-electron chi connectivity index (χ3n) is 8.48. The van der Waals surface area contributed by atoms with Gasteiger partial charge in [0.2, 0.25) is 0 Å². The molecule has 0 saturated heterocycles. The summed E-state index contributed by atoms with van der Waals surface area (Å²) in [4.78, 5) is 23.7. The van der Waals surface area contributed by atoms with E-state index in [9.17, 15) is 4.79 Å². The van der Waals surface area contributed by atoms with Crippen molar-refractivity contribution in [3.63, 3.8) is 0 Å². The van der Waals surface area contributed by atoms with Crippen LogP contribution in [0.5, 0.6) is 0 Å². The molecule has 4 heterocycles. The van der Waals surface area contributed by atoms with E-state index in [0.717, 1.165) is 22.5 Å². The number of imidazole rings is 2. The minimum atomic E-state index is -0.103. The summed E-state index contributed by atoms with van der Waals surface area (Å²) in [6.07, 6.45) is 5.72. The Balaban J connectivity index is 0.000000185. The predicted octanol–water partition coefficient (Wildman–Crippen LogP) is 6.12. The van der Waals surface area contributed by atoms with Crippen molar-refractivity contribution < 1.29 is 20.1 Å². The Hall–Kier alpha value is -4.20. The van der Waals surface area contributed by atoms with Gasteiger partial charge in [0.15, 0.2) is 5.65 Å². The van der Waals surface area contributed by atoms with Crippen molar-refractivity contribution in [3.8, 4) is 17.1 Å². The van der Waals surface area contributed by atoms with Gasteiger partial charge in [0, 0.05) is 51.6 Å². The van der Waals surface area contributed by atoms with Crippen molar-refractivity contribution in [3.05, 3.63) is 125 Å². The molecule has 0 aliphatic carbocycles. The minimum Gasteiger partial charge on any atom is -0.436 e. The summed E-state index contributed by atoms with van der Waals surface area (Å²) in [7, 11) is 3.94. The van der Waals surface area contributed by atoms with Gasteiger partial charge in [0.05, 0.1) is 5.52 Å². The Morgan fingerprint density at radius 1 is 0.822 bits per heavy atom. The summed E-state index contributed by atoms with van der Waals surface area (Å²) in [5.41, 5.74) is 9.68. The number of aromatic nitrogens is 5. The van der Waals surface area contributed by atoms with Crippen molar-refractivity contribution in [2.75, 3.05) is 11.9 Å². The normalized spacial score (nSPS) is 12.1. The number of benzene rings is 3.